The molecule has 0 unspecified atom stereocenters. The van der Waals surface area contributed by atoms with Crippen LogP contribution in [0, 0.1) is 18.6 Å². The molecule has 4 nitrogen and oxygen atoms in total. The van der Waals surface area contributed by atoms with Crippen LogP contribution in [0.3, 0.4) is 0 Å². The van der Waals surface area contributed by atoms with E-state index in [1.54, 1.807) is 39.0 Å². The van der Waals surface area contributed by atoms with Crippen LogP contribution in [-0.2, 0) is 9.53 Å². The Morgan fingerprint density at radius 3 is 2.26 bits per heavy atom. The van der Waals surface area contributed by atoms with Crippen molar-refractivity contribution in [2.75, 3.05) is 11.4 Å². The van der Waals surface area contributed by atoms with Crippen molar-refractivity contribution in [2.45, 2.75) is 33.3 Å². The number of amides is 1. The quantitative estimate of drug-likeness (QED) is 0.455. The average molecular weight is 444 g/mol. The number of thiophene rings is 1. The number of carbonyl (C=O) groups is 2. The molecular weight excluding hydrogens is 420 g/mol. The molecule has 1 aromatic heterocycles. The lowest BCUT2D eigenvalue weighted by atomic mass is 10.1. The first-order valence-corrected chi connectivity index (χ1v) is 10.6. The van der Waals surface area contributed by atoms with Gasteiger partial charge in [-0.25, -0.2) is 8.78 Å². The standard InChI is InChI=1S/C24H23F2NO3S/c1-15-11-20(31-14-15)16-7-5-8-17(12-16)27(13-21(28)30-24(2,3)4)23(29)22-18(25)9-6-10-19(22)26/h5-12,14H,13H2,1-4H3. The van der Waals surface area contributed by atoms with E-state index >= 15 is 0 Å². The van der Waals surface area contributed by atoms with Gasteiger partial charge in [0.15, 0.2) is 0 Å². The van der Waals surface area contributed by atoms with E-state index in [1.807, 2.05) is 24.4 Å². The summed E-state index contributed by atoms with van der Waals surface area (Å²) < 4.78 is 34.0. The molecule has 0 radical (unpaired) electrons. The van der Waals surface area contributed by atoms with Crippen molar-refractivity contribution in [1.82, 2.24) is 0 Å². The molecule has 0 atom stereocenters. The second-order valence-electron chi connectivity index (χ2n) is 8.11. The summed E-state index contributed by atoms with van der Waals surface area (Å²) in [7, 11) is 0. The number of aryl methyl sites for hydroxylation is 1. The molecule has 0 N–H and O–H groups in total. The number of carbonyl (C=O) groups excluding carboxylic acids is 2. The Bertz CT molecular complexity index is 1100. The van der Waals surface area contributed by atoms with Crippen molar-refractivity contribution in [3.8, 4) is 10.4 Å². The second kappa shape index (κ2) is 8.98. The zero-order chi connectivity index (χ0) is 22.8. The number of anilines is 1. The molecular formula is C24H23F2NO3S. The molecule has 0 aliphatic heterocycles. The van der Waals surface area contributed by atoms with Gasteiger partial charge in [-0.05, 0) is 74.5 Å². The van der Waals surface area contributed by atoms with Gasteiger partial charge in [-0.1, -0.05) is 18.2 Å². The highest BCUT2D eigenvalue weighted by molar-refractivity contribution is 7.13. The van der Waals surface area contributed by atoms with E-state index in [1.165, 1.54) is 17.4 Å². The van der Waals surface area contributed by atoms with Crippen LogP contribution in [0.5, 0.6) is 0 Å². The van der Waals surface area contributed by atoms with Gasteiger partial charge in [-0.2, -0.15) is 0 Å². The Labute approximate surface area is 184 Å². The minimum atomic E-state index is -0.996. The Morgan fingerprint density at radius 1 is 1.03 bits per heavy atom. The maximum Gasteiger partial charge on any atom is 0.326 e. The van der Waals surface area contributed by atoms with Gasteiger partial charge in [0.1, 0.15) is 29.3 Å². The van der Waals surface area contributed by atoms with Crippen LogP contribution in [0.2, 0.25) is 0 Å². The summed E-state index contributed by atoms with van der Waals surface area (Å²) in [6.07, 6.45) is 0. The minimum Gasteiger partial charge on any atom is -0.459 e. The molecule has 3 aromatic rings. The van der Waals surface area contributed by atoms with Gasteiger partial charge < -0.3 is 4.74 Å². The van der Waals surface area contributed by atoms with Crippen LogP contribution in [0.1, 0.15) is 36.7 Å². The molecule has 3 rings (SSSR count). The Balaban J connectivity index is 2.04. The Kier molecular flexibility index (Phi) is 6.55. The summed E-state index contributed by atoms with van der Waals surface area (Å²) in [4.78, 5) is 27.7. The van der Waals surface area contributed by atoms with Gasteiger partial charge in [-0.3, -0.25) is 14.5 Å². The third kappa shape index (κ3) is 5.55. The predicted molar refractivity (Wildman–Crippen MR) is 118 cm³/mol. The fraction of sp³-hybridized carbons (Fsp3) is 0.250. The molecule has 0 bridgehead atoms. The Morgan fingerprint density at radius 2 is 1.68 bits per heavy atom. The lowest BCUT2D eigenvalue weighted by molar-refractivity contribution is -0.152. The highest BCUT2D eigenvalue weighted by atomic mass is 32.1. The first-order chi connectivity index (χ1) is 14.5. The number of halogens is 2. The van der Waals surface area contributed by atoms with E-state index in [-0.39, 0.29) is 0 Å². The molecule has 0 saturated carbocycles. The molecule has 1 amide bonds. The number of rotatable bonds is 5. The number of ether oxygens (including phenoxy) is 1. The van der Waals surface area contributed by atoms with Gasteiger partial charge >= 0.3 is 5.97 Å². The molecule has 2 aromatic carbocycles. The van der Waals surface area contributed by atoms with Crippen molar-refractivity contribution in [1.29, 1.82) is 0 Å². The maximum absolute atomic E-state index is 14.3. The van der Waals surface area contributed by atoms with Crippen molar-refractivity contribution in [2.24, 2.45) is 0 Å². The van der Waals surface area contributed by atoms with E-state index in [0.29, 0.717) is 5.69 Å². The molecule has 31 heavy (non-hydrogen) atoms. The van der Waals surface area contributed by atoms with E-state index in [2.05, 4.69) is 0 Å². The molecule has 0 saturated heterocycles. The monoisotopic (exact) mass is 443 g/mol. The summed E-state index contributed by atoms with van der Waals surface area (Å²) >= 11 is 1.54. The van der Waals surface area contributed by atoms with Crippen molar-refractivity contribution >= 4 is 28.9 Å². The molecule has 1 heterocycles. The summed E-state index contributed by atoms with van der Waals surface area (Å²) in [6, 6.07) is 12.1. The number of hydrogen-bond donors (Lipinski definition) is 0. The van der Waals surface area contributed by atoms with Crippen molar-refractivity contribution in [3.63, 3.8) is 0 Å². The third-order valence-corrected chi connectivity index (χ3v) is 5.40. The SMILES string of the molecule is Cc1csc(-c2cccc(N(CC(=O)OC(C)(C)C)C(=O)c3c(F)cccc3F)c2)c1. The van der Waals surface area contributed by atoms with E-state index in [9.17, 15) is 18.4 Å². The zero-order valence-electron chi connectivity index (χ0n) is 17.7. The first-order valence-electron chi connectivity index (χ1n) is 9.68. The van der Waals surface area contributed by atoms with Gasteiger partial charge in [0, 0.05) is 10.6 Å². The van der Waals surface area contributed by atoms with Crippen molar-refractivity contribution in [3.05, 3.63) is 76.7 Å². The third-order valence-electron chi connectivity index (χ3n) is 4.30. The van der Waals surface area contributed by atoms with Gasteiger partial charge in [0.25, 0.3) is 5.91 Å². The van der Waals surface area contributed by atoms with E-state index < -0.39 is 41.2 Å². The normalized spacial score (nSPS) is 11.3. The smallest absolute Gasteiger partial charge is 0.326 e. The molecule has 0 spiro atoms. The fourth-order valence-electron chi connectivity index (χ4n) is 3.03. The van der Waals surface area contributed by atoms with Gasteiger partial charge in [-0.15, -0.1) is 11.3 Å². The predicted octanol–water partition coefficient (Wildman–Crippen LogP) is 5.99. The van der Waals surface area contributed by atoms with E-state index in [0.717, 1.165) is 33.0 Å². The number of esters is 1. The summed E-state index contributed by atoms with van der Waals surface area (Å²) in [5.74, 6) is -3.63. The second-order valence-corrected chi connectivity index (χ2v) is 9.02. The number of hydrogen-bond acceptors (Lipinski definition) is 4. The fourth-order valence-corrected chi connectivity index (χ4v) is 3.93. The highest BCUT2D eigenvalue weighted by Gasteiger charge is 2.28. The molecule has 7 heteroatoms. The maximum atomic E-state index is 14.3. The molecule has 162 valence electrons. The zero-order valence-corrected chi connectivity index (χ0v) is 18.6. The van der Waals surface area contributed by atoms with Crippen LogP contribution in [0.25, 0.3) is 10.4 Å². The summed E-state index contributed by atoms with van der Waals surface area (Å²) in [5, 5.41) is 2.00. The molecule has 0 aliphatic carbocycles. The van der Waals surface area contributed by atoms with Gasteiger partial charge in [0.05, 0.1) is 0 Å². The number of nitrogens with zero attached hydrogens (tertiary/aromatic N) is 1. The van der Waals surface area contributed by atoms with Crippen LogP contribution in [-0.4, -0.2) is 24.0 Å². The van der Waals surface area contributed by atoms with Crippen LogP contribution in [0.4, 0.5) is 14.5 Å². The van der Waals surface area contributed by atoms with Crippen LogP contribution >= 0.6 is 11.3 Å². The van der Waals surface area contributed by atoms with E-state index in [4.69, 9.17) is 4.74 Å². The number of benzene rings is 2. The van der Waals surface area contributed by atoms with Crippen LogP contribution in [0.15, 0.2) is 53.9 Å². The topological polar surface area (TPSA) is 46.6 Å². The molecule has 0 fully saturated rings. The summed E-state index contributed by atoms with van der Waals surface area (Å²) in [5.41, 5.74) is 0.767. The highest BCUT2D eigenvalue weighted by Crippen LogP contribution is 2.31. The van der Waals surface area contributed by atoms with Gasteiger partial charge in [0.2, 0.25) is 0 Å². The lowest BCUT2D eigenvalue weighted by Gasteiger charge is -2.26. The Hall–Kier alpha value is -3.06. The first kappa shape index (κ1) is 22.6. The van der Waals surface area contributed by atoms with Crippen LogP contribution < -0.4 is 4.90 Å². The largest absolute Gasteiger partial charge is 0.459 e. The average Bonchev–Trinajstić information content (AvgIpc) is 3.11. The van der Waals surface area contributed by atoms with Crippen molar-refractivity contribution < 1.29 is 23.1 Å². The minimum absolute atomic E-state index is 0.335. The summed E-state index contributed by atoms with van der Waals surface area (Å²) in [6.45, 7) is 6.59. The lowest BCUT2D eigenvalue weighted by Crippen LogP contribution is -2.39. The molecule has 0 aliphatic rings.